The zero-order valence-electron chi connectivity index (χ0n) is 12.9. The lowest BCUT2D eigenvalue weighted by Crippen LogP contribution is -2.47. The molecule has 0 radical (unpaired) electrons. The van der Waals surface area contributed by atoms with Crippen molar-refractivity contribution in [2.24, 2.45) is 5.92 Å². The maximum atomic E-state index is 13.6. The molecule has 128 valence electrons. The van der Waals surface area contributed by atoms with Crippen molar-refractivity contribution in [2.45, 2.75) is 12.8 Å². The summed E-state index contributed by atoms with van der Waals surface area (Å²) < 4.78 is 53.0. The van der Waals surface area contributed by atoms with Gasteiger partial charge in [0.15, 0.2) is 0 Å². The van der Waals surface area contributed by atoms with Crippen LogP contribution < -0.4 is 5.32 Å². The van der Waals surface area contributed by atoms with E-state index in [0.717, 1.165) is 16.4 Å². The Morgan fingerprint density at radius 3 is 2.65 bits per heavy atom. The number of benzene rings is 1. The van der Waals surface area contributed by atoms with Crippen molar-refractivity contribution in [3.63, 3.8) is 0 Å². The predicted molar refractivity (Wildman–Crippen MR) is 81.9 cm³/mol. The third kappa shape index (κ3) is 4.04. The van der Waals surface area contributed by atoms with Crippen molar-refractivity contribution in [2.75, 3.05) is 32.5 Å². The summed E-state index contributed by atoms with van der Waals surface area (Å²) in [7, 11) is -0.743. The molecular formula is C14H19F2N3O3S. The van der Waals surface area contributed by atoms with Gasteiger partial charge in [0.2, 0.25) is 5.91 Å². The molecule has 0 aromatic heterocycles. The number of nitrogens with zero attached hydrogens (tertiary/aromatic N) is 2. The molecule has 1 heterocycles. The number of carbonyl (C=O) groups excluding carboxylic acids is 1. The summed E-state index contributed by atoms with van der Waals surface area (Å²) in [6.45, 7) is 0.379. The van der Waals surface area contributed by atoms with E-state index in [1.165, 1.54) is 18.4 Å². The standard InChI is InChI=1S/C14H19F2N3O3S/c1-18(2)23(21,22)19-7-3-4-10(9-19)14(20)17-13-6-5-11(15)8-12(13)16/h5-6,8,10H,3-4,7,9H2,1-2H3,(H,17,20)/t10-/m1/s1. The smallest absolute Gasteiger partial charge is 0.281 e. The molecule has 2 rings (SSSR count). The van der Waals surface area contributed by atoms with Gasteiger partial charge in [0.25, 0.3) is 10.2 Å². The van der Waals surface area contributed by atoms with E-state index in [0.29, 0.717) is 25.5 Å². The summed E-state index contributed by atoms with van der Waals surface area (Å²) in [5.74, 6) is -2.66. The number of hydrogen-bond donors (Lipinski definition) is 1. The van der Waals surface area contributed by atoms with Gasteiger partial charge in [0, 0.05) is 33.3 Å². The van der Waals surface area contributed by atoms with Crippen molar-refractivity contribution < 1.29 is 22.0 Å². The molecule has 9 heteroatoms. The van der Waals surface area contributed by atoms with Gasteiger partial charge in [-0.05, 0) is 25.0 Å². The second-order valence-corrected chi connectivity index (χ2v) is 7.74. The molecule has 1 aliphatic heterocycles. The average molecular weight is 347 g/mol. The molecule has 1 aliphatic rings. The first-order valence-corrected chi connectivity index (χ1v) is 8.55. The van der Waals surface area contributed by atoms with Gasteiger partial charge in [0.05, 0.1) is 11.6 Å². The zero-order valence-corrected chi connectivity index (χ0v) is 13.7. The van der Waals surface area contributed by atoms with Crippen LogP contribution in [-0.4, -0.2) is 50.1 Å². The second kappa shape index (κ2) is 6.90. The fourth-order valence-electron chi connectivity index (χ4n) is 2.42. The van der Waals surface area contributed by atoms with Crippen molar-refractivity contribution in [1.29, 1.82) is 0 Å². The summed E-state index contributed by atoms with van der Waals surface area (Å²) in [5.41, 5.74) is -0.121. The summed E-state index contributed by atoms with van der Waals surface area (Å²) in [4.78, 5) is 12.2. The van der Waals surface area contributed by atoms with Crippen molar-refractivity contribution in [3.05, 3.63) is 29.8 Å². The van der Waals surface area contributed by atoms with E-state index >= 15 is 0 Å². The Labute approximate surface area is 134 Å². The molecule has 1 fully saturated rings. The van der Waals surface area contributed by atoms with Crippen LogP contribution in [0.15, 0.2) is 18.2 Å². The van der Waals surface area contributed by atoms with Crippen LogP contribution in [0, 0.1) is 17.6 Å². The molecule has 1 aromatic carbocycles. The second-order valence-electron chi connectivity index (χ2n) is 5.60. The molecule has 0 bridgehead atoms. The van der Waals surface area contributed by atoms with Crippen LogP contribution in [0.4, 0.5) is 14.5 Å². The Balaban J connectivity index is 2.08. The van der Waals surface area contributed by atoms with E-state index < -0.39 is 33.7 Å². The maximum absolute atomic E-state index is 13.6. The van der Waals surface area contributed by atoms with Crippen molar-refractivity contribution in [1.82, 2.24) is 8.61 Å². The molecule has 1 saturated heterocycles. The number of carbonyl (C=O) groups is 1. The van der Waals surface area contributed by atoms with Crippen LogP contribution in [-0.2, 0) is 15.0 Å². The summed E-state index contributed by atoms with van der Waals surface area (Å²) >= 11 is 0. The fraction of sp³-hybridized carbons (Fsp3) is 0.500. The van der Waals surface area contributed by atoms with E-state index in [4.69, 9.17) is 0 Å². The monoisotopic (exact) mass is 347 g/mol. The van der Waals surface area contributed by atoms with Gasteiger partial charge in [-0.2, -0.15) is 17.0 Å². The highest BCUT2D eigenvalue weighted by Crippen LogP contribution is 2.23. The van der Waals surface area contributed by atoms with E-state index in [1.54, 1.807) is 0 Å². The first kappa shape index (κ1) is 17.8. The van der Waals surface area contributed by atoms with E-state index in [2.05, 4.69) is 5.32 Å². The minimum Gasteiger partial charge on any atom is -0.323 e. The maximum Gasteiger partial charge on any atom is 0.281 e. The zero-order chi connectivity index (χ0) is 17.2. The van der Waals surface area contributed by atoms with Gasteiger partial charge < -0.3 is 5.32 Å². The molecule has 1 amide bonds. The number of nitrogens with one attached hydrogen (secondary N) is 1. The number of amides is 1. The largest absolute Gasteiger partial charge is 0.323 e. The van der Waals surface area contributed by atoms with E-state index in [-0.39, 0.29) is 12.2 Å². The Hall–Kier alpha value is -1.58. The molecule has 23 heavy (non-hydrogen) atoms. The molecule has 6 nitrogen and oxygen atoms in total. The molecule has 0 aliphatic carbocycles. The van der Waals surface area contributed by atoms with E-state index in [9.17, 15) is 22.0 Å². The third-order valence-electron chi connectivity index (χ3n) is 3.73. The third-order valence-corrected chi connectivity index (χ3v) is 5.64. The van der Waals surface area contributed by atoms with Crippen LogP contribution >= 0.6 is 0 Å². The van der Waals surface area contributed by atoms with Crippen LogP contribution in [0.5, 0.6) is 0 Å². The molecule has 1 N–H and O–H groups in total. The Bertz CT molecular complexity index is 695. The van der Waals surface area contributed by atoms with Crippen molar-refractivity contribution in [3.8, 4) is 0 Å². The van der Waals surface area contributed by atoms with Crippen molar-refractivity contribution >= 4 is 21.8 Å². The lowest BCUT2D eigenvalue weighted by Gasteiger charge is -2.32. The molecule has 1 atom stereocenters. The molecule has 1 aromatic rings. The quantitative estimate of drug-likeness (QED) is 0.896. The van der Waals surface area contributed by atoms with Gasteiger partial charge in [-0.1, -0.05) is 0 Å². The normalized spacial score (nSPS) is 19.8. The minimum atomic E-state index is -3.59. The Kier molecular flexibility index (Phi) is 5.33. The summed E-state index contributed by atoms with van der Waals surface area (Å²) in [6.07, 6.45) is 1.05. The Morgan fingerprint density at radius 1 is 1.35 bits per heavy atom. The van der Waals surface area contributed by atoms with Gasteiger partial charge >= 0.3 is 0 Å². The SMILES string of the molecule is CN(C)S(=O)(=O)N1CCC[C@@H](C(=O)Nc2ccc(F)cc2F)C1. The van der Waals surface area contributed by atoms with E-state index in [1.807, 2.05) is 0 Å². The molecule has 0 spiro atoms. The fourth-order valence-corrected chi connectivity index (χ4v) is 3.61. The summed E-state index contributed by atoms with van der Waals surface area (Å²) in [6, 6.07) is 2.86. The molecule has 0 saturated carbocycles. The lowest BCUT2D eigenvalue weighted by molar-refractivity contribution is -0.120. The van der Waals surface area contributed by atoms with Crippen LogP contribution in [0.3, 0.4) is 0 Å². The summed E-state index contributed by atoms with van der Waals surface area (Å²) in [5, 5.41) is 2.39. The van der Waals surface area contributed by atoms with Crippen LogP contribution in [0.1, 0.15) is 12.8 Å². The predicted octanol–water partition coefficient (Wildman–Crippen LogP) is 1.42. The average Bonchev–Trinajstić information content (AvgIpc) is 2.50. The highest BCUT2D eigenvalue weighted by atomic mass is 32.2. The first-order chi connectivity index (χ1) is 10.7. The number of piperidine rings is 1. The number of halogens is 2. The first-order valence-electron chi connectivity index (χ1n) is 7.15. The van der Waals surface area contributed by atoms with Gasteiger partial charge in [-0.25, -0.2) is 8.78 Å². The van der Waals surface area contributed by atoms with Crippen LogP contribution in [0.2, 0.25) is 0 Å². The van der Waals surface area contributed by atoms with Gasteiger partial charge in [0.1, 0.15) is 11.6 Å². The number of anilines is 1. The Morgan fingerprint density at radius 2 is 2.04 bits per heavy atom. The minimum absolute atomic E-state index is 0.0369. The van der Waals surface area contributed by atoms with Gasteiger partial charge in [-0.15, -0.1) is 0 Å². The molecular weight excluding hydrogens is 328 g/mol. The lowest BCUT2D eigenvalue weighted by atomic mass is 9.98. The van der Waals surface area contributed by atoms with Gasteiger partial charge in [-0.3, -0.25) is 4.79 Å². The number of hydrogen-bond acceptors (Lipinski definition) is 3. The highest BCUT2D eigenvalue weighted by Gasteiger charge is 2.33. The van der Waals surface area contributed by atoms with Crippen LogP contribution in [0.25, 0.3) is 0 Å². The number of rotatable bonds is 4. The molecule has 0 unspecified atom stereocenters. The topological polar surface area (TPSA) is 69.7 Å². The highest BCUT2D eigenvalue weighted by molar-refractivity contribution is 7.86.